The molecule has 0 radical (unpaired) electrons. The summed E-state index contributed by atoms with van der Waals surface area (Å²) >= 11 is -0.635. The summed E-state index contributed by atoms with van der Waals surface area (Å²) in [5.41, 5.74) is 10.1. The van der Waals surface area contributed by atoms with Gasteiger partial charge in [-0.3, -0.25) is 0 Å². The third-order valence-electron chi connectivity index (χ3n) is 1.91. The third kappa shape index (κ3) is 4.26. The molecular weight excluding hydrogens is 262 g/mol. The molecule has 0 heterocycles. The van der Waals surface area contributed by atoms with E-state index in [9.17, 15) is 0 Å². The van der Waals surface area contributed by atoms with Gasteiger partial charge in [-0.15, -0.1) is 0 Å². The molecule has 0 nitrogen and oxygen atoms in total. The van der Waals surface area contributed by atoms with E-state index >= 15 is 0 Å². The van der Waals surface area contributed by atoms with Gasteiger partial charge in [-0.2, -0.15) is 0 Å². The molecule has 0 aliphatic rings. The van der Waals surface area contributed by atoms with Crippen LogP contribution in [-0.4, -0.2) is 35.2 Å². The van der Waals surface area contributed by atoms with Crippen LogP contribution < -0.4 is 0 Å². The van der Waals surface area contributed by atoms with E-state index in [1.807, 2.05) is 0 Å². The topological polar surface area (TPSA) is 0 Å². The Morgan fingerprint density at radius 2 is 1.40 bits per heavy atom. The van der Waals surface area contributed by atoms with Crippen LogP contribution in [0.1, 0.15) is 0 Å². The van der Waals surface area contributed by atoms with Crippen molar-refractivity contribution in [1.82, 2.24) is 0 Å². The normalized spacial score (nSPS) is 13.2. The van der Waals surface area contributed by atoms with Gasteiger partial charge in [-0.05, 0) is 0 Å². The SMILES string of the molecule is C[As](C)C[Si](C)(C)[As](C)C. The first-order valence-corrected chi connectivity index (χ1v) is 18.5. The molecule has 62 valence electrons. The van der Waals surface area contributed by atoms with Crippen molar-refractivity contribution < 1.29 is 0 Å². The van der Waals surface area contributed by atoms with E-state index in [1.54, 1.807) is 4.83 Å². The van der Waals surface area contributed by atoms with Gasteiger partial charge in [0.2, 0.25) is 0 Å². The van der Waals surface area contributed by atoms with E-state index in [0.29, 0.717) is 0 Å². The molecule has 0 aliphatic carbocycles. The summed E-state index contributed by atoms with van der Waals surface area (Å²) in [6.45, 7) is 4.56. The first-order valence-electron chi connectivity index (χ1n) is 3.68. The monoisotopic (exact) mass is 282 g/mol. The van der Waals surface area contributed by atoms with E-state index in [4.69, 9.17) is 0 Å². The molecule has 0 saturated carbocycles. The summed E-state index contributed by atoms with van der Waals surface area (Å²) in [5, 5.41) is 0. The van der Waals surface area contributed by atoms with Gasteiger partial charge in [0.05, 0.1) is 0 Å². The van der Waals surface area contributed by atoms with Gasteiger partial charge < -0.3 is 0 Å². The first-order chi connectivity index (χ1) is 4.36. The summed E-state index contributed by atoms with van der Waals surface area (Å²) < 4.78 is 0. The van der Waals surface area contributed by atoms with Crippen molar-refractivity contribution in [3.8, 4) is 0 Å². The molecule has 0 aromatic carbocycles. The van der Waals surface area contributed by atoms with Crippen molar-refractivity contribution >= 4 is 35.2 Å². The van der Waals surface area contributed by atoms with E-state index in [-0.39, 0.29) is 28.6 Å². The van der Waals surface area contributed by atoms with E-state index in [1.165, 1.54) is 0 Å². The zero-order valence-electron chi connectivity index (χ0n) is 8.10. The van der Waals surface area contributed by atoms with Gasteiger partial charge in [0.25, 0.3) is 0 Å². The quantitative estimate of drug-likeness (QED) is 0.698. The van der Waals surface area contributed by atoms with Crippen LogP contribution in [0.4, 0.5) is 0 Å². The van der Waals surface area contributed by atoms with Crippen LogP contribution in [0.2, 0.25) is 40.8 Å². The summed E-state index contributed by atoms with van der Waals surface area (Å²) in [6, 6.07) is 0. The Morgan fingerprint density at radius 3 is 1.50 bits per heavy atom. The van der Waals surface area contributed by atoms with Gasteiger partial charge in [0, 0.05) is 0 Å². The molecular formula is C7H20As2Si. The molecule has 0 bridgehead atoms. The van der Waals surface area contributed by atoms with Crippen LogP contribution in [0.15, 0.2) is 0 Å². The van der Waals surface area contributed by atoms with Gasteiger partial charge in [0.1, 0.15) is 0 Å². The Balaban J connectivity index is 3.87. The Hall–Kier alpha value is 1.33. The second-order valence-corrected chi connectivity index (χ2v) is 30.4. The zero-order valence-corrected chi connectivity index (χ0v) is 12.9. The molecule has 0 saturated heterocycles. The number of hydrogen-bond donors (Lipinski definition) is 0. The van der Waals surface area contributed by atoms with Gasteiger partial charge in [-0.1, -0.05) is 0 Å². The fraction of sp³-hybridized carbons (Fsp3) is 1.00. The molecule has 0 fully saturated rings. The fourth-order valence-electron chi connectivity index (χ4n) is 0.915. The molecule has 0 aromatic rings. The predicted octanol–water partition coefficient (Wildman–Crippen LogP) is 2.82. The molecule has 0 amide bonds. The summed E-state index contributed by atoms with van der Waals surface area (Å²) in [7, 11) is 0. The molecule has 3 heteroatoms. The molecule has 0 aliphatic heterocycles. The molecule has 10 heavy (non-hydrogen) atoms. The fourth-order valence-corrected chi connectivity index (χ4v) is 32.8. The predicted molar refractivity (Wildman–Crippen MR) is 57.3 cm³/mol. The molecule has 0 spiro atoms. The van der Waals surface area contributed by atoms with E-state index in [2.05, 4.69) is 35.9 Å². The van der Waals surface area contributed by atoms with Crippen LogP contribution in [0.3, 0.4) is 0 Å². The Labute approximate surface area is 75.7 Å². The van der Waals surface area contributed by atoms with Gasteiger partial charge in [0.15, 0.2) is 0 Å². The second kappa shape index (κ2) is 4.38. The standard InChI is InChI=1S/C7H20As2Si/c1-8(2)7-10(5,6)9(3)4/h7H2,1-6H3. The van der Waals surface area contributed by atoms with Crippen molar-refractivity contribution in [3.63, 3.8) is 0 Å². The van der Waals surface area contributed by atoms with Gasteiger partial charge >= 0.3 is 76.0 Å². The minimum absolute atomic E-state index is 0.313. The maximum atomic E-state index is 2.60. The van der Waals surface area contributed by atoms with Crippen molar-refractivity contribution in [2.45, 2.75) is 40.8 Å². The van der Waals surface area contributed by atoms with Crippen molar-refractivity contribution in [1.29, 1.82) is 0 Å². The molecule has 0 aromatic heterocycles. The molecule has 0 rings (SSSR count). The van der Waals surface area contributed by atoms with Crippen molar-refractivity contribution in [2.24, 2.45) is 0 Å². The van der Waals surface area contributed by atoms with Crippen LogP contribution in [0.25, 0.3) is 0 Å². The number of rotatable bonds is 3. The minimum atomic E-state index is -0.633. The van der Waals surface area contributed by atoms with Crippen LogP contribution >= 0.6 is 0 Å². The Kier molecular flexibility index (Phi) is 4.97. The van der Waals surface area contributed by atoms with Crippen molar-refractivity contribution in [3.05, 3.63) is 0 Å². The summed E-state index contributed by atoms with van der Waals surface area (Å²) in [5.74, 6) is 0. The van der Waals surface area contributed by atoms with Crippen LogP contribution in [0.5, 0.6) is 0 Å². The second-order valence-electron chi connectivity index (χ2n) is 3.94. The maximum absolute atomic E-state index is 2.60. The summed E-state index contributed by atoms with van der Waals surface area (Å²) in [4.78, 5) is 1.69. The molecule has 0 unspecified atom stereocenters. The molecule has 0 N–H and O–H groups in total. The molecule has 0 atom stereocenters. The van der Waals surface area contributed by atoms with Crippen molar-refractivity contribution in [2.75, 3.05) is 0 Å². The van der Waals surface area contributed by atoms with Crippen LogP contribution in [-0.2, 0) is 0 Å². The Bertz CT molecular complexity index is 99.8. The van der Waals surface area contributed by atoms with E-state index < -0.39 is 6.54 Å². The van der Waals surface area contributed by atoms with E-state index in [0.717, 1.165) is 0 Å². The zero-order chi connectivity index (χ0) is 8.36. The third-order valence-corrected chi connectivity index (χ3v) is 34.5. The van der Waals surface area contributed by atoms with Gasteiger partial charge in [-0.25, -0.2) is 0 Å². The summed E-state index contributed by atoms with van der Waals surface area (Å²) in [6.07, 6.45) is 0. The average molecular weight is 282 g/mol. The first kappa shape index (κ1) is 11.3. The van der Waals surface area contributed by atoms with Crippen LogP contribution in [0, 0.1) is 0 Å². The number of hydrogen-bond acceptors (Lipinski definition) is 0. The average Bonchev–Trinajstić information content (AvgIpc) is 1.60. The Morgan fingerprint density at radius 1 is 1.00 bits per heavy atom.